The maximum absolute atomic E-state index is 16.8. The molecule has 4 unspecified atom stereocenters. The highest BCUT2D eigenvalue weighted by atomic mass is 32.1. The lowest BCUT2D eigenvalue weighted by atomic mass is 9.78. The van der Waals surface area contributed by atoms with Crippen LogP contribution >= 0.6 is 11.3 Å². The Labute approximate surface area is 332 Å². The topological polar surface area (TPSA) is 202 Å². The smallest absolute Gasteiger partial charge is 0.410 e. The number of aliphatic hydroxyl groups is 1. The highest BCUT2D eigenvalue weighted by Gasteiger charge is 2.60. The second-order valence-electron chi connectivity index (χ2n) is 16.3. The number of ether oxygens (including phenoxy) is 5. The number of ketones is 1. The zero-order valence-electron chi connectivity index (χ0n) is 34.0. The van der Waals surface area contributed by atoms with Crippen molar-refractivity contribution in [3.05, 3.63) is 17.8 Å². The zero-order valence-corrected chi connectivity index (χ0v) is 34.8. The van der Waals surface area contributed by atoms with Gasteiger partial charge in [-0.2, -0.15) is 0 Å². The van der Waals surface area contributed by atoms with E-state index in [0.717, 1.165) is 11.9 Å². The van der Waals surface area contributed by atoms with Gasteiger partial charge >= 0.3 is 12.1 Å². The first kappa shape index (κ1) is 44.0. The molecule has 56 heavy (non-hydrogen) atoms. The van der Waals surface area contributed by atoms with Gasteiger partial charge in [-0.25, -0.2) is 19.0 Å². The maximum Gasteiger partial charge on any atom is 0.410 e. The lowest BCUT2D eigenvalue weighted by molar-refractivity contribution is -0.288. The predicted octanol–water partition coefficient (Wildman–Crippen LogP) is 3.65. The highest BCUT2D eigenvalue weighted by Crippen LogP contribution is 2.41. The number of carbonyl (C=O) groups excluding carboxylic acids is 3. The molecule has 0 bridgehead atoms. The fraction of sp³-hybridized carbons (Fsp3) is 0.789. The van der Waals surface area contributed by atoms with Crippen LogP contribution < -0.4 is 11.1 Å². The average molecular weight is 810 g/mol. The Morgan fingerprint density at radius 3 is 2.52 bits per heavy atom. The quantitative estimate of drug-likeness (QED) is 0.178. The van der Waals surface area contributed by atoms with Gasteiger partial charge in [0.2, 0.25) is 0 Å². The van der Waals surface area contributed by atoms with E-state index in [0.29, 0.717) is 51.0 Å². The Hall–Kier alpha value is -3.13. The van der Waals surface area contributed by atoms with Crippen molar-refractivity contribution in [3.63, 3.8) is 0 Å². The summed E-state index contributed by atoms with van der Waals surface area (Å²) in [5.41, 5.74) is 1.10. The first-order valence-corrected chi connectivity index (χ1v) is 20.5. The summed E-state index contributed by atoms with van der Waals surface area (Å²) < 4.78 is 48.9. The van der Waals surface area contributed by atoms with Gasteiger partial charge in [0.1, 0.15) is 22.9 Å². The summed E-state index contributed by atoms with van der Waals surface area (Å²) in [5, 5.41) is 25.6. The van der Waals surface area contributed by atoms with Crippen molar-refractivity contribution in [2.75, 3.05) is 20.2 Å². The number of hydrogen-bond acceptors (Lipinski definition) is 15. The van der Waals surface area contributed by atoms with Crippen LogP contribution in [0.2, 0.25) is 0 Å². The second kappa shape index (κ2) is 17.8. The molecule has 5 rings (SSSR count). The minimum absolute atomic E-state index is 0.120. The Morgan fingerprint density at radius 1 is 1.14 bits per heavy atom. The number of nitrogens with zero attached hydrogens (tertiary/aromatic N) is 5. The van der Waals surface area contributed by atoms with E-state index in [4.69, 9.17) is 29.4 Å². The molecular weight excluding hydrogens is 750 g/mol. The predicted molar refractivity (Wildman–Crippen MR) is 204 cm³/mol. The Bertz CT molecular complexity index is 1650. The third-order valence-corrected chi connectivity index (χ3v) is 12.5. The van der Waals surface area contributed by atoms with Gasteiger partial charge in [0.15, 0.2) is 17.7 Å². The minimum Gasteiger partial charge on any atom is -0.455 e. The van der Waals surface area contributed by atoms with Crippen molar-refractivity contribution in [2.24, 2.45) is 17.6 Å². The van der Waals surface area contributed by atoms with E-state index in [9.17, 15) is 19.5 Å². The second-order valence-corrected chi connectivity index (χ2v) is 17.2. The summed E-state index contributed by atoms with van der Waals surface area (Å²) in [5.74, 6) is -3.91. The number of nitrogens with one attached hydrogen (secondary N) is 1. The molecule has 0 spiro atoms. The number of Topliss-reactive ketones (excluding diaryl/α,β-unsaturated/α-hetero) is 1. The zero-order chi connectivity index (χ0) is 41.2. The molecule has 314 valence electrons. The molecule has 0 aromatic carbocycles. The number of fused-ring (bicyclic) bond motifs is 1. The number of cyclic esters (lactones) is 1. The molecule has 2 aromatic heterocycles. The average Bonchev–Trinajstić information content (AvgIpc) is 3.91. The van der Waals surface area contributed by atoms with Gasteiger partial charge in [-0.15, -0.1) is 16.4 Å². The third-order valence-electron chi connectivity index (χ3n) is 11.7. The molecular formula is C38H60FN7O9S. The van der Waals surface area contributed by atoms with Crippen LogP contribution in [0.4, 0.5) is 9.18 Å². The van der Waals surface area contributed by atoms with E-state index in [1.165, 1.54) is 25.4 Å². The molecule has 3 saturated heterocycles. The standard InChI is InChI=1S/C38H60FN7O9S/c1-10-27-38(8)29(46(35(50)55-38)15-12-11-14-45-20-26(43-44-45)32-41-13-16-56-32)24(5)42-19-21(2)18-36(6,51-9)31(23(4)30(48)37(7,39)34(49)53-27)54-33-28(47)25(40)17-22(3)52-33/h13,16,20-25,27-29,31,33,42,47H,10-12,14-15,17-19,40H2,1-9H3/t21-,22?,23-,24-,25?,27-,28?,29-,31-,33+,36-,37?,38-/m1/s1. The van der Waals surface area contributed by atoms with E-state index in [-0.39, 0.29) is 18.4 Å². The first-order valence-electron chi connectivity index (χ1n) is 19.6. The number of carbonyl (C=O) groups is 3. The molecule has 13 atom stereocenters. The summed E-state index contributed by atoms with van der Waals surface area (Å²) in [6.45, 7) is 14.6. The molecule has 0 radical (unpaired) electrons. The van der Waals surface area contributed by atoms with Gasteiger partial charge in [-0.1, -0.05) is 26.0 Å². The number of nitrogens with two attached hydrogens (primary N) is 1. The van der Waals surface area contributed by atoms with Crippen molar-refractivity contribution in [1.29, 1.82) is 0 Å². The first-order chi connectivity index (χ1) is 26.4. The monoisotopic (exact) mass is 809 g/mol. The van der Waals surface area contributed by atoms with Crippen LogP contribution in [-0.2, 0) is 39.8 Å². The molecule has 3 aliphatic rings. The molecule has 5 heterocycles. The number of aromatic nitrogens is 4. The normalized spacial score (nSPS) is 39.1. The molecule has 0 saturated carbocycles. The Balaban J connectivity index is 1.41. The van der Waals surface area contributed by atoms with Gasteiger partial charge in [-0.05, 0) is 79.2 Å². The highest BCUT2D eigenvalue weighted by molar-refractivity contribution is 7.13. The van der Waals surface area contributed by atoms with Crippen LogP contribution in [0, 0.1) is 11.8 Å². The molecule has 16 nitrogen and oxygen atoms in total. The number of aliphatic hydroxyl groups excluding tert-OH is 1. The van der Waals surface area contributed by atoms with Gasteiger partial charge in [0.25, 0.3) is 5.67 Å². The Morgan fingerprint density at radius 2 is 1.86 bits per heavy atom. The minimum atomic E-state index is -3.14. The van der Waals surface area contributed by atoms with Crippen LogP contribution in [0.15, 0.2) is 17.8 Å². The van der Waals surface area contributed by atoms with E-state index in [2.05, 4.69) is 20.6 Å². The number of unbranched alkanes of at least 4 members (excludes halogenated alkanes) is 1. The third kappa shape index (κ3) is 9.11. The summed E-state index contributed by atoms with van der Waals surface area (Å²) in [4.78, 5) is 47.7. The number of aryl methyl sites for hydroxylation is 1. The van der Waals surface area contributed by atoms with Crippen LogP contribution in [0.1, 0.15) is 87.5 Å². The molecule has 4 N–H and O–H groups in total. The number of halogens is 1. The van der Waals surface area contributed by atoms with Gasteiger partial charge in [-0.3, -0.25) is 14.4 Å². The van der Waals surface area contributed by atoms with Crippen molar-refractivity contribution in [3.8, 4) is 10.7 Å². The number of rotatable bonds is 10. The molecule has 0 aliphatic carbocycles. The molecule has 1 amide bonds. The van der Waals surface area contributed by atoms with E-state index in [1.54, 1.807) is 43.5 Å². The summed E-state index contributed by atoms with van der Waals surface area (Å²) >= 11 is 1.48. The maximum atomic E-state index is 16.8. The molecule has 3 aliphatic heterocycles. The van der Waals surface area contributed by atoms with Crippen molar-refractivity contribution in [1.82, 2.24) is 30.2 Å². The van der Waals surface area contributed by atoms with Crippen LogP contribution in [0.5, 0.6) is 0 Å². The number of methoxy groups -OCH3 is 1. The largest absolute Gasteiger partial charge is 0.455 e. The fourth-order valence-corrected chi connectivity index (χ4v) is 9.21. The van der Waals surface area contributed by atoms with Gasteiger partial charge < -0.3 is 39.8 Å². The molecule has 3 fully saturated rings. The number of esters is 1. The summed E-state index contributed by atoms with van der Waals surface area (Å²) in [7, 11) is 1.47. The van der Waals surface area contributed by atoms with Crippen LogP contribution in [0.25, 0.3) is 10.7 Å². The van der Waals surface area contributed by atoms with Crippen molar-refractivity contribution < 1.29 is 47.6 Å². The lowest BCUT2D eigenvalue weighted by Crippen LogP contribution is -2.61. The van der Waals surface area contributed by atoms with Crippen LogP contribution in [-0.4, -0.2) is 134 Å². The number of thiazole rings is 1. The number of hydrogen-bond donors (Lipinski definition) is 3. The van der Waals surface area contributed by atoms with E-state index in [1.807, 2.05) is 25.4 Å². The van der Waals surface area contributed by atoms with Crippen molar-refractivity contribution >= 4 is 29.2 Å². The van der Waals surface area contributed by atoms with E-state index < -0.39 is 83.4 Å². The van der Waals surface area contributed by atoms with Crippen molar-refractivity contribution in [2.45, 2.75) is 160 Å². The molecule has 18 heteroatoms. The SMILES string of the molecule is CC[C@H]1OC(=O)C(C)(F)C(=O)[C@@H](C)[C@@H](O[C@@H]2OC(C)CC(N)C2O)[C@](C)(OC)C[C@@H](C)CN[C@H](C)[C@H]2N(CCCCn3cc(-c4nccs4)nn3)C(=O)O[C@]12C. The van der Waals surface area contributed by atoms with Crippen LogP contribution in [0.3, 0.4) is 0 Å². The van der Waals surface area contributed by atoms with Gasteiger partial charge in [0, 0.05) is 49.8 Å². The number of alkyl halides is 1. The van der Waals surface area contributed by atoms with E-state index >= 15 is 4.39 Å². The lowest BCUT2D eigenvalue weighted by Gasteiger charge is -2.45. The Kier molecular flexibility index (Phi) is 14.0. The summed E-state index contributed by atoms with van der Waals surface area (Å²) in [6, 6.07) is -1.70. The summed E-state index contributed by atoms with van der Waals surface area (Å²) in [6.07, 6.45) is -0.00808. The van der Waals surface area contributed by atoms with Gasteiger partial charge in [0.05, 0.1) is 30.0 Å². The fourth-order valence-electron chi connectivity index (χ4n) is 8.62. The number of amides is 1. The molecule has 2 aromatic rings.